The number of hydrogen-bond donors (Lipinski definition) is 0. The lowest BCUT2D eigenvalue weighted by Crippen LogP contribution is -1.79. The Morgan fingerprint density at radius 3 is 2.73 bits per heavy atom. The van der Waals surface area contributed by atoms with Crippen LogP contribution in [0, 0.1) is 0 Å². The maximum absolute atomic E-state index is 5.92. The Labute approximate surface area is 84.5 Å². The lowest BCUT2D eigenvalue weighted by Gasteiger charge is -2.00. The maximum atomic E-state index is 5.92. The van der Waals surface area contributed by atoms with Crippen LogP contribution in [0.3, 0.4) is 0 Å². The molecular weight excluding hydrogens is 244 g/mol. The molecule has 0 aliphatic carbocycles. The van der Waals surface area contributed by atoms with E-state index in [1.807, 2.05) is 24.3 Å². The highest BCUT2D eigenvalue weighted by Crippen LogP contribution is 2.26. The Kier molecular flexibility index (Phi) is 4.34. The van der Waals surface area contributed by atoms with Crippen LogP contribution in [0.2, 0.25) is 5.02 Å². The van der Waals surface area contributed by atoms with Crippen molar-refractivity contribution in [2.24, 2.45) is 0 Å². The molecule has 0 bridgehead atoms. The molecule has 0 radical (unpaired) electrons. The first-order valence-electron chi connectivity index (χ1n) is 3.28. The van der Waals surface area contributed by atoms with Gasteiger partial charge in [0.1, 0.15) is 0 Å². The molecule has 0 fully saturated rings. The van der Waals surface area contributed by atoms with Gasteiger partial charge in [0.05, 0.1) is 5.02 Å². The zero-order valence-electron chi connectivity index (χ0n) is 5.89. The predicted octanol–water partition coefficient (Wildman–Crippen LogP) is 3.83. The molecule has 1 rings (SSSR count). The third-order valence-corrected chi connectivity index (χ3v) is 3.61. The van der Waals surface area contributed by atoms with E-state index in [2.05, 4.69) is 15.9 Å². The molecule has 0 aliphatic rings. The van der Waals surface area contributed by atoms with E-state index < -0.39 is 0 Å². The van der Waals surface area contributed by atoms with Crippen molar-refractivity contribution < 1.29 is 0 Å². The second-order valence-corrected chi connectivity index (χ2v) is 4.30. The Bertz CT molecular complexity index is 227. The van der Waals surface area contributed by atoms with Crippen molar-refractivity contribution in [3.8, 4) is 0 Å². The van der Waals surface area contributed by atoms with E-state index in [1.165, 1.54) is 0 Å². The van der Waals surface area contributed by atoms with Crippen LogP contribution in [0.1, 0.15) is 0 Å². The second kappa shape index (κ2) is 5.07. The van der Waals surface area contributed by atoms with Crippen LogP contribution in [0.4, 0.5) is 0 Å². The number of hydrogen-bond acceptors (Lipinski definition) is 1. The molecule has 0 amide bonds. The van der Waals surface area contributed by atoms with Crippen molar-refractivity contribution in [3.63, 3.8) is 0 Å². The molecule has 0 unspecified atom stereocenters. The molecular formula is C8H8BrClS. The topological polar surface area (TPSA) is 0 Å². The van der Waals surface area contributed by atoms with Crippen molar-refractivity contribution in [1.82, 2.24) is 0 Å². The molecule has 0 heterocycles. The molecule has 0 aliphatic heterocycles. The molecule has 0 N–H and O–H groups in total. The zero-order chi connectivity index (χ0) is 8.10. The first kappa shape index (κ1) is 9.43. The van der Waals surface area contributed by atoms with E-state index in [4.69, 9.17) is 11.6 Å². The summed E-state index contributed by atoms with van der Waals surface area (Å²) in [7, 11) is 0. The molecule has 0 aromatic heterocycles. The van der Waals surface area contributed by atoms with Crippen molar-refractivity contribution in [2.45, 2.75) is 4.90 Å². The molecule has 0 spiro atoms. The standard InChI is InChI=1S/C8H8BrClS/c9-5-6-11-8-4-2-1-3-7(8)10/h1-4H,5-6H2. The Hall–Kier alpha value is 0.340. The van der Waals surface area contributed by atoms with Crippen LogP contribution in [0.5, 0.6) is 0 Å². The third kappa shape index (κ3) is 3.06. The molecule has 1 aromatic rings. The average molecular weight is 252 g/mol. The fourth-order valence-corrected chi connectivity index (χ4v) is 2.17. The quantitative estimate of drug-likeness (QED) is 0.581. The van der Waals surface area contributed by atoms with Crippen molar-refractivity contribution >= 4 is 39.3 Å². The molecule has 3 heteroatoms. The number of halogens is 2. The third-order valence-electron chi connectivity index (χ3n) is 1.17. The number of alkyl halides is 1. The van der Waals surface area contributed by atoms with Crippen LogP contribution in [-0.4, -0.2) is 11.1 Å². The van der Waals surface area contributed by atoms with Gasteiger partial charge in [0.25, 0.3) is 0 Å². The van der Waals surface area contributed by atoms with Gasteiger partial charge in [0.2, 0.25) is 0 Å². The fourth-order valence-electron chi connectivity index (χ4n) is 0.710. The maximum Gasteiger partial charge on any atom is 0.0541 e. The second-order valence-electron chi connectivity index (χ2n) is 1.97. The Morgan fingerprint density at radius 1 is 1.36 bits per heavy atom. The smallest absolute Gasteiger partial charge is 0.0541 e. The van der Waals surface area contributed by atoms with Gasteiger partial charge in [-0.15, -0.1) is 11.8 Å². The lowest BCUT2D eigenvalue weighted by molar-refractivity contribution is 1.44. The first-order chi connectivity index (χ1) is 5.34. The number of benzene rings is 1. The molecule has 60 valence electrons. The van der Waals surface area contributed by atoms with Gasteiger partial charge in [-0.2, -0.15) is 0 Å². The molecule has 11 heavy (non-hydrogen) atoms. The predicted molar refractivity (Wildman–Crippen MR) is 56.0 cm³/mol. The van der Waals surface area contributed by atoms with Crippen molar-refractivity contribution in [3.05, 3.63) is 29.3 Å². The van der Waals surface area contributed by atoms with E-state index in [1.54, 1.807) is 11.8 Å². The van der Waals surface area contributed by atoms with Gasteiger partial charge in [-0.3, -0.25) is 0 Å². The minimum Gasteiger partial charge on any atom is -0.124 e. The van der Waals surface area contributed by atoms with Gasteiger partial charge < -0.3 is 0 Å². The SMILES string of the molecule is Clc1ccccc1SCCBr. The minimum absolute atomic E-state index is 0.846. The van der Waals surface area contributed by atoms with Crippen molar-refractivity contribution in [2.75, 3.05) is 11.1 Å². The summed E-state index contributed by atoms with van der Waals surface area (Å²) in [6.45, 7) is 0. The van der Waals surface area contributed by atoms with Gasteiger partial charge in [-0.05, 0) is 12.1 Å². The number of thioether (sulfide) groups is 1. The van der Waals surface area contributed by atoms with E-state index >= 15 is 0 Å². The summed E-state index contributed by atoms with van der Waals surface area (Å²) < 4.78 is 0. The first-order valence-corrected chi connectivity index (χ1v) is 5.76. The highest BCUT2D eigenvalue weighted by Gasteiger charge is 1.96. The summed E-state index contributed by atoms with van der Waals surface area (Å²) in [5.41, 5.74) is 0. The van der Waals surface area contributed by atoms with Crippen LogP contribution < -0.4 is 0 Å². The summed E-state index contributed by atoms with van der Waals surface area (Å²) in [5.74, 6) is 1.06. The van der Waals surface area contributed by atoms with Crippen LogP contribution in [-0.2, 0) is 0 Å². The Balaban J connectivity index is 2.62. The van der Waals surface area contributed by atoms with Gasteiger partial charge in [-0.1, -0.05) is 39.7 Å². The zero-order valence-corrected chi connectivity index (χ0v) is 9.05. The Morgan fingerprint density at radius 2 is 2.09 bits per heavy atom. The molecule has 0 nitrogen and oxygen atoms in total. The lowest BCUT2D eigenvalue weighted by atomic mass is 10.4. The largest absolute Gasteiger partial charge is 0.124 e. The summed E-state index contributed by atoms with van der Waals surface area (Å²) >= 11 is 11.1. The summed E-state index contributed by atoms with van der Waals surface area (Å²) in [4.78, 5) is 1.16. The monoisotopic (exact) mass is 250 g/mol. The van der Waals surface area contributed by atoms with Crippen LogP contribution in [0.25, 0.3) is 0 Å². The highest BCUT2D eigenvalue weighted by molar-refractivity contribution is 9.09. The van der Waals surface area contributed by atoms with E-state index in [0.717, 1.165) is 21.0 Å². The average Bonchev–Trinajstić information content (AvgIpc) is 2.03. The number of rotatable bonds is 3. The van der Waals surface area contributed by atoms with Crippen LogP contribution in [0.15, 0.2) is 29.2 Å². The molecule has 0 atom stereocenters. The summed E-state index contributed by atoms with van der Waals surface area (Å²) in [5, 5.41) is 1.85. The summed E-state index contributed by atoms with van der Waals surface area (Å²) in [6.07, 6.45) is 0. The fraction of sp³-hybridized carbons (Fsp3) is 0.250. The molecule has 0 saturated heterocycles. The summed E-state index contributed by atoms with van der Waals surface area (Å²) in [6, 6.07) is 7.90. The minimum atomic E-state index is 0.846. The molecule has 1 aromatic carbocycles. The highest BCUT2D eigenvalue weighted by atomic mass is 79.9. The van der Waals surface area contributed by atoms with Gasteiger partial charge >= 0.3 is 0 Å². The van der Waals surface area contributed by atoms with E-state index in [0.29, 0.717) is 0 Å². The molecule has 0 saturated carbocycles. The van der Waals surface area contributed by atoms with Gasteiger partial charge in [0.15, 0.2) is 0 Å². The van der Waals surface area contributed by atoms with Crippen LogP contribution >= 0.6 is 39.3 Å². The normalized spacial score (nSPS) is 10.0. The van der Waals surface area contributed by atoms with E-state index in [-0.39, 0.29) is 0 Å². The van der Waals surface area contributed by atoms with E-state index in [9.17, 15) is 0 Å². The van der Waals surface area contributed by atoms with Gasteiger partial charge in [0, 0.05) is 16.0 Å². The van der Waals surface area contributed by atoms with Crippen molar-refractivity contribution in [1.29, 1.82) is 0 Å². The van der Waals surface area contributed by atoms with Gasteiger partial charge in [-0.25, -0.2) is 0 Å².